The Morgan fingerprint density at radius 1 is 1.35 bits per heavy atom. The molecule has 1 heterocycles. The van der Waals surface area contributed by atoms with Crippen LogP contribution in [-0.2, 0) is 0 Å². The highest BCUT2D eigenvalue weighted by Gasteiger charge is 2.27. The summed E-state index contributed by atoms with van der Waals surface area (Å²) < 4.78 is 0. The molecule has 4 heteroatoms. The lowest BCUT2D eigenvalue weighted by Crippen LogP contribution is -1.98. The van der Waals surface area contributed by atoms with Gasteiger partial charge >= 0.3 is 5.97 Å². The van der Waals surface area contributed by atoms with Crippen molar-refractivity contribution in [3.05, 3.63) is 41.6 Å². The standard InChI is InChI=1S/C13H12N2O2/c16-13(17)11-7-14-15-12(11)10-4-2-1-3-9(10)8-5-6-8/h1-4,7-8H,5-6H2,(H,14,15)(H,16,17). The van der Waals surface area contributed by atoms with Gasteiger partial charge in [-0.2, -0.15) is 5.10 Å². The first kappa shape index (κ1) is 10.1. The number of carbonyl (C=O) groups is 1. The number of nitrogens with zero attached hydrogens (tertiary/aromatic N) is 1. The average molecular weight is 228 g/mol. The van der Waals surface area contributed by atoms with Crippen LogP contribution in [0.25, 0.3) is 11.3 Å². The zero-order valence-corrected chi connectivity index (χ0v) is 9.18. The number of carboxylic acid groups (broad SMARTS) is 1. The van der Waals surface area contributed by atoms with Gasteiger partial charge in [0.2, 0.25) is 0 Å². The minimum Gasteiger partial charge on any atom is -0.478 e. The summed E-state index contributed by atoms with van der Waals surface area (Å²) in [4.78, 5) is 11.1. The van der Waals surface area contributed by atoms with Gasteiger partial charge in [-0.25, -0.2) is 4.79 Å². The molecule has 0 radical (unpaired) electrons. The molecule has 86 valence electrons. The van der Waals surface area contributed by atoms with Crippen LogP contribution < -0.4 is 0 Å². The largest absolute Gasteiger partial charge is 0.478 e. The molecule has 0 bridgehead atoms. The number of rotatable bonds is 3. The monoisotopic (exact) mass is 228 g/mol. The predicted octanol–water partition coefficient (Wildman–Crippen LogP) is 2.65. The van der Waals surface area contributed by atoms with Gasteiger partial charge in [0.05, 0.1) is 11.9 Å². The van der Waals surface area contributed by atoms with E-state index in [1.165, 1.54) is 24.6 Å². The molecule has 1 aromatic heterocycles. The van der Waals surface area contributed by atoms with Gasteiger partial charge in [-0.05, 0) is 24.3 Å². The number of aromatic amines is 1. The zero-order chi connectivity index (χ0) is 11.8. The number of benzene rings is 1. The van der Waals surface area contributed by atoms with Crippen LogP contribution in [0, 0.1) is 0 Å². The number of hydrogen-bond acceptors (Lipinski definition) is 2. The summed E-state index contributed by atoms with van der Waals surface area (Å²) in [5, 5.41) is 15.7. The fraction of sp³-hybridized carbons (Fsp3) is 0.231. The Labute approximate surface area is 98.3 Å². The molecule has 2 N–H and O–H groups in total. The van der Waals surface area contributed by atoms with E-state index in [0.29, 0.717) is 11.6 Å². The highest BCUT2D eigenvalue weighted by atomic mass is 16.4. The van der Waals surface area contributed by atoms with Crippen molar-refractivity contribution < 1.29 is 9.90 Å². The maximum Gasteiger partial charge on any atom is 0.339 e. The van der Waals surface area contributed by atoms with Crippen molar-refractivity contribution in [3.8, 4) is 11.3 Å². The molecule has 4 nitrogen and oxygen atoms in total. The Morgan fingerprint density at radius 2 is 2.12 bits per heavy atom. The third-order valence-corrected chi connectivity index (χ3v) is 3.12. The summed E-state index contributed by atoms with van der Waals surface area (Å²) >= 11 is 0. The summed E-state index contributed by atoms with van der Waals surface area (Å²) in [6, 6.07) is 7.94. The van der Waals surface area contributed by atoms with Crippen molar-refractivity contribution in [2.24, 2.45) is 0 Å². The van der Waals surface area contributed by atoms with Crippen molar-refractivity contribution in [1.82, 2.24) is 10.2 Å². The second kappa shape index (κ2) is 3.73. The van der Waals surface area contributed by atoms with Crippen molar-refractivity contribution >= 4 is 5.97 Å². The molecule has 17 heavy (non-hydrogen) atoms. The van der Waals surface area contributed by atoms with Crippen LogP contribution in [0.5, 0.6) is 0 Å². The molecule has 0 unspecified atom stereocenters. The molecule has 1 saturated carbocycles. The summed E-state index contributed by atoms with van der Waals surface area (Å²) in [6.45, 7) is 0. The molecule has 3 rings (SSSR count). The maximum absolute atomic E-state index is 11.1. The van der Waals surface area contributed by atoms with Crippen molar-refractivity contribution in [2.75, 3.05) is 0 Å². The molecule has 1 aliphatic rings. The van der Waals surface area contributed by atoms with Gasteiger partial charge in [0.1, 0.15) is 5.56 Å². The smallest absolute Gasteiger partial charge is 0.339 e. The molecule has 0 spiro atoms. The Hall–Kier alpha value is -2.10. The zero-order valence-electron chi connectivity index (χ0n) is 9.18. The van der Waals surface area contributed by atoms with Crippen LogP contribution in [0.2, 0.25) is 0 Å². The number of carboxylic acids is 1. The number of aromatic nitrogens is 2. The number of aromatic carboxylic acids is 1. The summed E-state index contributed by atoms with van der Waals surface area (Å²) in [7, 11) is 0. The lowest BCUT2D eigenvalue weighted by Gasteiger charge is -2.07. The van der Waals surface area contributed by atoms with Gasteiger partial charge in [-0.3, -0.25) is 5.10 Å². The van der Waals surface area contributed by atoms with E-state index in [1.54, 1.807) is 0 Å². The predicted molar refractivity (Wildman–Crippen MR) is 63.0 cm³/mol. The van der Waals surface area contributed by atoms with Crippen LogP contribution in [0.3, 0.4) is 0 Å². The van der Waals surface area contributed by atoms with Gasteiger partial charge in [0.15, 0.2) is 0 Å². The number of nitrogens with one attached hydrogen (secondary N) is 1. The van der Waals surface area contributed by atoms with Gasteiger partial charge < -0.3 is 5.11 Å². The molecule has 2 aromatic rings. The van der Waals surface area contributed by atoms with Crippen LogP contribution in [0.1, 0.15) is 34.7 Å². The van der Waals surface area contributed by atoms with E-state index >= 15 is 0 Å². The summed E-state index contributed by atoms with van der Waals surface area (Å²) in [6.07, 6.45) is 3.74. The van der Waals surface area contributed by atoms with E-state index in [1.807, 2.05) is 18.2 Å². The third-order valence-electron chi connectivity index (χ3n) is 3.12. The Balaban J connectivity index is 2.14. The van der Waals surface area contributed by atoms with Crippen LogP contribution >= 0.6 is 0 Å². The second-order valence-electron chi connectivity index (χ2n) is 4.33. The number of hydrogen-bond donors (Lipinski definition) is 2. The van der Waals surface area contributed by atoms with Gasteiger partial charge in [0, 0.05) is 5.56 Å². The molecule has 1 aliphatic carbocycles. The second-order valence-corrected chi connectivity index (χ2v) is 4.33. The van der Waals surface area contributed by atoms with E-state index < -0.39 is 5.97 Å². The quantitative estimate of drug-likeness (QED) is 0.848. The van der Waals surface area contributed by atoms with Gasteiger partial charge in [0.25, 0.3) is 0 Å². The fourth-order valence-electron chi connectivity index (χ4n) is 2.13. The van der Waals surface area contributed by atoms with E-state index in [2.05, 4.69) is 16.3 Å². The van der Waals surface area contributed by atoms with Crippen LogP contribution in [-0.4, -0.2) is 21.3 Å². The van der Waals surface area contributed by atoms with Gasteiger partial charge in [-0.1, -0.05) is 24.3 Å². The molecular weight excluding hydrogens is 216 g/mol. The molecule has 0 saturated heterocycles. The Bertz CT molecular complexity index is 570. The normalized spacial score (nSPS) is 14.8. The topological polar surface area (TPSA) is 66.0 Å². The summed E-state index contributed by atoms with van der Waals surface area (Å²) in [5.74, 6) is -0.365. The minimum atomic E-state index is -0.945. The fourth-order valence-corrected chi connectivity index (χ4v) is 2.13. The first-order chi connectivity index (χ1) is 8.27. The lowest BCUT2D eigenvalue weighted by atomic mass is 9.99. The molecule has 0 atom stereocenters. The van der Waals surface area contributed by atoms with E-state index in [9.17, 15) is 4.79 Å². The Morgan fingerprint density at radius 3 is 2.82 bits per heavy atom. The molecule has 1 fully saturated rings. The molecule has 0 amide bonds. The third kappa shape index (κ3) is 1.71. The van der Waals surface area contributed by atoms with Crippen molar-refractivity contribution in [1.29, 1.82) is 0 Å². The van der Waals surface area contributed by atoms with Crippen LogP contribution in [0.4, 0.5) is 0 Å². The highest BCUT2D eigenvalue weighted by molar-refractivity contribution is 5.95. The number of H-pyrrole nitrogens is 1. The lowest BCUT2D eigenvalue weighted by molar-refractivity contribution is 0.0698. The highest BCUT2D eigenvalue weighted by Crippen LogP contribution is 2.44. The Kier molecular flexibility index (Phi) is 2.21. The van der Waals surface area contributed by atoms with Crippen molar-refractivity contribution in [3.63, 3.8) is 0 Å². The first-order valence-electron chi connectivity index (χ1n) is 5.63. The molecular formula is C13H12N2O2. The molecule has 1 aromatic carbocycles. The maximum atomic E-state index is 11.1. The van der Waals surface area contributed by atoms with E-state index in [0.717, 1.165) is 5.56 Å². The van der Waals surface area contributed by atoms with Crippen LogP contribution in [0.15, 0.2) is 30.5 Å². The molecule has 0 aliphatic heterocycles. The average Bonchev–Trinajstić information content (AvgIpc) is 3.06. The van der Waals surface area contributed by atoms with Gasteiger partial charge in [-0.15, -0.1) is 0 Å². The van der Waals surface area contributed by atoms with E-state index in [4.69, 9.17) is 5.11 Å². The first-order valence-corrected chi connectivity index (χ1v) is 5.63. The minimum absolute atomic E-state index is 0.234. The summed E-state index contributed by atoms with van der Waals surface area (Å²) in [5.41, 5.74) is 3.03. The van der Waals surface area contributed by atoms with E-state index in [-0.39, 0.29) is 5.56 Å². The SMILES string of the molecule is O=C(O)c1cn[nH]c1-c1ccccc1C1CC1. The van der Waals surface area contributed by atoms with Crippen molar-refractivity contribution in [2.45, 2.75) is 18.8 Å².